The van der Waals surface area contributed by atoms with E-state index in [4.69, 9.17) is 4.74 Å². The summed E-state index contributed by atoms with van der Waals surface area (Å²) >= 11 is 0. The zero-order chi connectivity index (χ0) is 21.3. The van der Waals surface area contributed by atoms with Crippen LogP contribution in [0.1, 0.15) is 46.9 Å². The lowest BCUT2D eigenvalue weighted by Crippen LogP contribution is -2.25. The van der Waals surface area contributed by atoms with E-state index in [1.165, 1.54) is 0 Å². The average molecular weight is 409 g/mol. The number of benzene rings is 2. The predicted octanol–water partition coefficient (Wildman–Crippen LogP) is 3.22. The SMILES string of the molecule is CCOCCCNC(=O)c1cccc(NC(=O)c2cccc(N3CCCC3=O)c2)c1. The summed E-state index contributed by atoms with van der Waals surface area (Å²) in [5, 5.41) is 5.67. The van der Waals surface area contributed by atoms with Gasteiger partial charge in [-0.05, 0) is 56.2 Å². The number of nitrogens with one attached hydrogen (secondary N) is 2. The Kier molecular flexibility index (Phi) is 7.57. The summed E-state index contributed by atoms with van der Waals surface area (Å²) in [6, 6.07) is 13.8. The van der Waals surface area contributed by atoms with Gasteiger partial charge in [0, 0.05) is 55.2 Å². The molecule has 7 nitrogen and oxygen atoms in total. The molecule has 0 spiro atoms. The molecular formula is C23H27N3O4. The molecule has 2 N–H and O–H groups in total. The molecule has 0 unspecified atom stereocenters. The fourth-order valence-electron chi connectivity index (χ4n) is 3.30. The van der Waals surface area contributed by atoms with Crippen molar-refractivity contribution in [3.63, 3.8) is 0 Å². The third-order valence-electron chi connectivity index (χ3n) is 4.83. The first-order chi connectivity index (χ1) is 14.6. The van der Waals surface area contributed by atoms with Gasteiger partial charge in [-0.2, -0.15) is 0 Å². The van der Waals surface area contributed by atoms with Gasteiger partial charge in [0.25, 0.3) is 11.8 Å². The molecule has 30 heavy (non-hydrogen) atoms. The Morgan fingerprint density at radius 2 is 1.83 bits per heavy atom. The molecule has 3 amide bonds. The van der Waals surface area contributed by atoms with E-state index in [0.717, 1.165) is 18.5 Å². The number of amides is 3. The van der Waals surface area contributed by atoms with E-state index in [0.29, 0.717) is 49.5 Å². The smallest absolute Gasteiger partial charge is 0.255 e. The molecule has 2 aromatic carbocycles. The van der Waals surface area contributed by atoms with Crippen LogP contribution in [0.25, 0.3) is 0 Å². The molecule has 0 atom stereocenters. The minimum atomic E-state index is -0.294. The fourth-order valence-corrected chi connectivity index (χ4v) is 3.30. The van der Waals surface area contributed by atoms with Crippen LogP contribution in [-0.2, 0) is 9.53 Å². The van der Waals surface area contributed by atoms with Gasteiger partial charge in [0.2, 0.25) is 5.91 Å². The van der Waals surface area contributed by atoms with Crippen molar-refractivity contribution in [2.24, 2.45) is 0 Å². The molecule has 7 heteroatoms. The summed E-state index contributed by atoms with van der Waals surface area (Å²) in [4.78, 5) is 38.7. The number of anilines is 2. The second-order valence-corrected chi connectivity index (χ2v) is 7.04. The Hall–Kier alpha value is -3.19. The highest BCUT2D eigenvalue weighted by Crippen LogP contribution is 2.23. The molecule has 1 aliphatic heterocycles. The van der Waals surface area contributed by atoms with Gasteiger partial charge >= 0.3 is 0 Å². The van der Waals surface area contributed by atoms with Crippen molar-refractivity contribution in [1.29, 1.82) is 0 Å². The van der Waals surface area contributed by atoms with Crippen molar-refractivity contribution >= 4 is 29.1 Å². The van der Waals surface area contributed by atoms with Crippen LogP contribution in [0.2, 0.25) is 0 Å². The Morgan fingerprint density at radius 3 is 2.57 bits per heavy atom. The van der Waals surface area contributed by atoms with Gasteiger partial charge < -0.3 is 20.3 Å². The maximum Gasteiger partial charge on any atom is 0.255 e. The first-order valence-corrected chi connectivity index (χ1v) is 10.3. The van der Waals surface area contributed by atoms with Gasteiger partial charge in [0.05, 0.1) is 0 Å². The van der Waals surface area contributed by atoms with E-state index in [-0.39, 0.29) is 17.7 Å². The number of hydrogen-bond donors (Lipinski definition) is 2. The lowest BCUT2D eigenvalue weighted by molar-refractivity contribution is -0.117. The number of hydrogen-bond acceptors (Lipinski definition) is 4. The highest BCUT2D eigenvalue weighted by molar-refractivity contribution is 6.06. The molecular weight excluding hydrogens is 382 g/mol. The standard InChI is InChI=1S/C23H27N3O4/c1-2-30-14-6-12-24-22(28)17-7-3-9-19(15-17)25-23(29)18-8-4-10-20(16-18)26-13-5-11-21(26)27/h3-4,7-10,15-16H,2,5-6,11-14H2,1H3,(H,24,28)(H,25,29). The van der Waals surface area contributed by atoms with Crippen LogP contribution in [0.15, 0.2) is 48.5 Å². The highest BCUT2D eigenvalue weighted by Gasteiger charge is 2.22. The third kappa shape index (κ3) is 5.67. The number of carbonyl (C=O) groups excluding carboxylic acids is 3. The third-order valence-corrected chi connectivity index (χ3v) is 4.83. The highest BCUT2D eigenvalue weighted by atomic mass is 16.5. The topological polar surface area (TPSA) is 87.7 Å². The molecule has 1 aliphatic rings. The molecule has 2 aromatic rings. The van der Waals surface area contributed by atoms with Crippen molar-refractivity contribution in [1.82, 2.24) is 5.32 Å². The first kappa shape index (κ1) is 21.5. The van der Waals surface area contributed by atoms with Gasteiger partial charge in [-0.1, -0.05) is 12.1 Å². The zero-order valence-electron chi connectivity index (χ0n) is 17.1. The van der Waals surface area contributed by atoms with Gasteiger partial charge in [-0.25, -0.2) is 0 Å². The van der Waals surface area contributed by atoms with Gasteiger partial charge in [0.15, 0.2) is 0 Å². The van der Waals surface area contributed by atoms with E-state index < -0.39 is 0 Å². The molecule has 1 saturated heterocycles. The van der Waals surface area contributed by atoms with Gasteiger partial charge in [-0.15, -0.1) is 0 Å². The molecule has 0 bridgehead atoms. The van der Waals surface area contributed by atoms with E-state index in [9.17, 15) is 14.4 Å². The van der Waals surface area contributed by atoms with Crippen molar-refractivity contribution in [3.8, 4) is 0 Å². The van der Waals surface area contributed by atoms with Crippen LogP contribution < -0.4 is 15.5 Å². The lowest BCUT2D eigenvalue weighted by Gasteiger charge is -2.16. The number of nitrogens with zero attached hydrogens (tertiary/aromatic N) is 1. The summed E-state index contributed by atoms with van der Waals surface area (Å²) in [6.45, 7) is 4.39. The monoisotopic (exact) mass is 409 g/mol. The molecule has 0 aromatic heterocycles. The summed E-state index contributed by atoms with van der Waals surface area (Å²) < 4.78 is 5.25. The average Bonchev–Trinajstić information content (AvgIpc) is 3.19. The van der Waals surface area contributed by atoms with Crippen LogP contribution in [0.4, 0.5) is 11.4 Å². The van der Waals surface area contributed by atoms with Crippen LogP contribution >= 0.6 is 0 Å². The van der Waals surface area contributed by atoms with Gasteiger partial charge in [-0.3, -0.25) is 14.4 Å². The zero-order valence-corrected chi connectivity index (χ0v) is 17.1. The normalized spacial score (nSPS) is 13.4. The maximum atomic E-state index is 12.7. The van der Waals surface area contributed by atoms with E-state index >= 15 is 0 Å². The van der Waals surface area contributed by atoms with E-state index in [1.807, 2.05) is 13.0 Å². The molecule has 0 saturated carbocycles. The Bertz CT molecular complexity index is 913. The predicted molar refractivity (Wildman–Crippen MR) is 116 cm³/mol. The van der Waals surface area contributed by atoms with Crippen LogP contribution in [0.5, 0.6) is 0 Å². The largest absolute Gasteiger partial charge is 0.382 e. The van der Waals surface area contributed by atoms with Crippen molar-refractivity contribution < 1.29 is 19.1 Å². The van der Waals surface area contributed by atoms with Crippen molar-refractivity contribution in [2.45, 2.75) is 26.2 Å². The molecule has 0 aliphatic carbocycles. The minimum absolute atomic E-state index is 0.0764. The summed E-state index contributed by atoms with van der Waals surface area (Å²) in [6.07, 6.45) is 2.11. The molecule has 1 heterocycles. The summed E-state index contributed by atoms with van der Waals surface area (Å²) in [5.74, 6) is -0.414. The number of carbonyl (C=O) groups is 3. The second kappa shape index (κ2) is 10.5. The minimum Gasteiger partial charge on any atom is -0.382 e. The lowest BCUT2D eigenvalue weighted by atomic mass is 10.1. The molecule has 158 valence electrons. The first-order valence-electron chi connectivity index (χ1n) is 10.3. The second-order valence-electron chi connectivity index (χ2n) is 7.04. The Balaban J connectivity index is 1.61. The quantitative estimate of drug-likeness (QED) is 0.623. The maximum absolute atomic E-state index is 12.7. The molecule has 3 rings (SSSR count). The number of rotatable bonds is 9. The van der Waals surface area contributed by atoms with Crippen LogP contribution in [-0.4, -0.2) is 44.0 Å². The Labute approximate surface area is 176 Å². The summed E-state index contributed by atoms with van der Waals surface area (Å²) in [7, 11) is 0. The molecule has 1 fully saturated rings. The van der Waals surface area contributed by atoms with Crippen LogP contribution in [0, 0.1) is 0 Å². The Morgan fingerprint density at radius 1 is 1.07 bits per heavy atom. The van der Waals surface area contributed by atoms with Gasteiger partial charge in [0.1, 0.15) is 0 Å². The number of ether oxygens (including phenoxy) is 1. The van der Waals surface area contributed by atoms with Crippen molar-refractivity contribution in [3.05, 3.63) is 59.7 Å². The van der Waals surface area contributed by atoms with Crippen LogP contribution in [0.3, 0.4) is 0 Å². The van der Waals surface area contributed by atoms with E-state index in [2.05, 4.69) is 10.6 Å². The van der Waals surface area contributed by atoms with E-state index in [1.54, 1.807) is 47.4 Å². The van der Waals surface area contributed by atoms with Crippen molar-refractivity contribution in [2.75, 3.05) is 36.5 Å². The summed E-state index contributed by atoms with van der Waals surface area (Å²) in [5.41, 5.74) is 2.19. The fraction of sp³-hybridized carbons (Fsp3) is 0.348. The molecule has 0 radical (unpaired) electrons.